The molecule has 0 unspecified atom stereocenters. The molecule has 2 aliphatic rings. The molecule has 1 aliphatic carbocycles. The van der Waals surface area contributed by atoms with Crippen molar-refractivity contribution in [3.8, 4) is 6.07 Å². The zero-order valence-electron chi connectivity index (χ0n) is 16.7. The maximum absolute atomic E-state index is 13.9. The van der Waals surface area contributed by atoms with Crippen LogP contribution in [0.15, 0.2) is 18.2 Å². The first-order valence-corrected chi connectivity index (χ1v) is 9.94. The summed E-state index contributed by atoms with van der Waals surface area (Å²) >= 11 is 0. The molecule has 0 spiro atoms. The molecule has 0 radical (unpaired) electrons. The number of rotatable bonds is 4. The highest BCUT2D eigenvalue weighted by Gasteiger charge is 2.44. The van der Waals surface area contributed by atoms with E-state index in [0.717, 1.165) is 19.3 Å². The monoisotopic (exact) mass is 403 g/mol. The highest BCUT2D eigenvalue weighted by Crippen LogP contribution is 2.40. The third-order valence-corrected chi connectivity index (χ3v) is 5.93. The molecule has 1 saturated heterocycles. The van der Waals surface area contributed by atoms with E-state index in [1.807, 2.05) is 6.07 Å². The van der Waals surface area contributed by atoms with Crippen molar-refractivity contribution in [1.29, 1.82) is 5.26 Å². The molecule has 2 fully saturated rings. The molecule has 0 aromatic heterocycles. The van der Waals surface area contributed by atoms with Gasteiger partial charge in [0.15, 0.2) is 0 Å². The summed E-state index contributed by atoms with van der Waals surface area (Å²) in [6, 6.07) is 5.87. The van der Waals surface area contributed by atoms with Crippen LogP contribution in [0.3, 0.4) is 0 Å². The number of anilines is 1. The number of nitrogens with zero attached hydrogens (tertiary/aromatic N) is 2. The first-order chi connectivity index (χ1) is 14.0. The van der Waals surface area contributed by atoms with Crippen LogP contribution in [-0.4, -0.2) is 49.3 Å². The maximum atomic E-state index is 13.9. The maximum Gasteiger partial charge on any atom is 0.410 e. The predicted octanol–water partition coefficient (Wildman–Crippen LogP) is 3.30. The van der Waals surface area contributed by atoms with Crippen molar-refractivity contribution in [2.45, 2.75) is 44.7 Å². The molecule has 7 nitrogen and oxygen atoms in total. The van der Waals surface area contributed by atoms with Gasteiger partial charge in [-0.15, -0.1) is 0 Å². The van der Waals surface area contributed by atoms with Gasteiger partial charge >= 0.3 is 12.1 Å². The summed E-state index contributed by atoms with van der Waals surface area (Å²) in [7, 11) is 1.31. The number of fused-ring (bicyclic) bond motifs is 1. The average molecular weight is 403 g/mol. The van der Waals surface area contributed by atoms with Crippen LogP contribution in [0.1, 0.15) is 38.2 Å². The van der Waals surface area contributed by atoms with Crippen LogP contribution in [0.2, 0.25) is 0 Å². The molecule has 8 heteroatoms. The number of amides is 1. The third kappa shape index (κ3) is 4.44. The molecule has 4 atom stereocenters. The molecular weight excluding hydrogens is 377 g/mol. The summed E-state index contributed by atoms with van der Waals surface area (Å²) in [6.45, 7) is 2.44. The Labute approximate surface area is 169 Å². The zero-order valence-corrected chi connectivity index (χ0v) is 16.7. The number of nitriles is 1. The van der Waals surface area contributed by atoms with E-state index in [2.05, 4.69) is 5.32 Å². The van der Waals surface area contributed by atoms with E-state index in [1.54, 1.807) is 19.1 Å². The summed E-state index contributed by atoms with van der Waals surface area (Å²) < 4.78 is 23.9. The van der Waals surface area contributed by atoms with Gasteiger partial charge in [0.05, 0.1) is 19.4 Å². The van der Waals surface area contributed by atoms with Crippen LogP contribution >= 0.6 is 0 Å². The second-order valence-corrected chi connectivity index (χ2v) is 7.57. The van der Waals surface area contributed by atoms with Gasteiger partial charge in [0.1, 0.15) is 23.5 Å². The molecule has 0 bridgehead atoms. The number of esters is 1. The molecule has 1 heterocycles. The van der Waals surface area contributed by atoms with Crippen molar-refractivity contribution in [1.82, 2.24) is 4.90 Å². The quantitative estimate of drug-likeness (QED) is 0.776. The fourth-order valence-corrected chi connectivity index (χ4v) is 4.54. The van der Waals surface area contributed by atoms with Crippen molar-refractivity contribution in [2.24, 2.45) is 11.8 Å². The van der Waals surface area contributed by atoms with Gasteiger partial charge in [0.2, 0.25) is 0 Å². The van der Waals surface area contributed by atoms with Crippen LogP contribution in [-0.2, 0) is 14.3 Å². The van der Waals surface area contributed by atoms with E-state index in [9.17, 15) is 19.2 Å². The fourth-order valence-electron chi connectivity index (χ4n) is 4.54. The number of hydrogen-bond acceptors (Lipinski definition) is 6. The Morgan fingerprint density at radius 3 is 2.79 bits per heavy atom. The first kappa shape index (κ1) is 20.9. The molecular formula is C21H26FN3O4. The molecule has 3 rings (SSSR count). The average Bonchev–Trinajstić information content (AvgIpc) is 2.72. The number of likely N-dealkylation sites (tertiary alicyclic amines) is 1. The van der Waals surface area contributed by atoms with E-state index in [4.69, 9.17) is 9.47 Å². The third-order valence-electron chi connectivity index (χ3n) is 5.93. The van der Waals surface area contributed by atoms with Crippen LogP contribution in [0, 0.1) is 29.0 Å². The molecule has 1 aliphatic heterocycles. The minimum absolute atomic E-state index is 0.0135. The first-order valence-electron chi connectivity index (χ1n) is 9.94. The lowest BCUT2D eigenvalue weighted by atomic mass is 9.71. The van der Waals surface area contributed by atoms with Gasteiger partial charge in [-0.2, -0.15) is 5.26 Å². The van der Waals surface area contributed by atoms with Crippen molar-refractivity contribution in [3.05, 3.63) is 29.6 Å². The Morgan fingerprint density at radius 1 is 1.31 bits per heavy atom. The highest BCUT2D eigenvalue weighted by atomic mass is 19.1. The summed E-state index contributed by atoms with van der Waals surface area (Å²) in [4.78, 5) is 26.1. The molecule has 29 heavy (non-hydrogen) atoms. The van der Waals surface area contributed by atoms with Gasteiger partial charge in [0.25, 0.3) is 0 Å². The molecule has 1 amide bonds. The predicted molar refractivity (Wildman–Crippen MR) is 104 cm³/mol. The number of ether oxygens (including phenoxy) is 2. The number of halogens is 1. The summed E-state index contributed by atoms with van der Waals surface area (Å²) in [5.41, 5.74) is 0.504. The van der Waals surface area contributed by atoms with Crippen LogP contribution in [0.5, 0.6) is 0 Å². The lowest BCUT2D eigenvalue weighted by Gasteiger charge is -2.46. The number of piperidine rings is 1. The molecule has 156 valence electrons. The topological polar surface area (TPSA) is 91.7 Å². The zero-order chi connectivity index (χ0) is 21.0. The van der Waals surface area contributed by atoms with Crippen LogP contribution in [0.4, 0.5) is 14.9 Å². The highest BCUT2D eigenvalue weighted by molar-refractivity contribution is 5.81. The Morgan fingerprint density at radius 2 is 2.10 bits per heavy atom. The smallest absolute Gasteiger partial charge is 0.410 e. The van der Waals surface area contributed by atoms with Crippen molar-refractivity contribution in [2.75, 3.05) is 25.6 Å². The fraction of sp³-hybridized carbons (Fsp3) is 0.571. The minimum Gasteiger partial charge on any atom is -0.464 e. The summed E-state index contributed by atoms with van der Waals surface area (Å²) in [6.07, 6.45) is 2.46. The molecule has 1 N–H and O–H groups in total. The summed E-state index contributed by atoms with van der Waals surface area (Å²) in [5.74, 6) is -0.472. The number of hydrogen-bond donors (Lipinski definition) is 1. The number of carbonyl (C=O) groups is 2. The van der Waals surface area contributed by atoms with E-state index in [-0.39, 0.29) is 30.0 Å². The van der Waals surface area contributed by atoms with Crippen molar-refractivity contribution >= 4 is 17.7 Å². The number of methoxy groups -OCH3 is 1. The van der Waals surface area contributed by atoms with Gasteiger partial charge in [-0.3, -0.25) is 4.90 Å². The molecule has 1 saturated carbocycles. The number of nitrogens with one attached hydrogen (secondary N) is 1. The van der Waals surface area contributed by atoms with Crippen molar-refractivity contribution < 1.29 is 23.5 Å². The van der Waals surface area contributed by atoms with E-state index in [1.165, 1.54) is 18.1 Å². The lowest BCUT2D eigenvalue weighted by molar-refractivity contribution is -0.152. The Bertz CT molecular complexity index is 810. The largest absolute Gasteiger partial charge is 0.464 e. The SMILES string of the molecule is CCOC(=O)[C@@H]1C[C@H]2C[C@@H](Nc3cccc(F)c3C#N)CC[C@H]2CN1C(=O)OC. The van der Waals surface area contributed by atoms with Gasteiger partial charge in [-0.25, -0.2) is 14.0 Å². The normalized spacial score (nSPS) is 26.1. The van der Waals surface area contributed by atoms with Gasteiger partial charge in [0, 0.05) is 12.6 Å². The summed E-state index contributed by atoms with van der Waals surface area (Å²) in [5, 5.41) is 12.5. The number of benzene rings is 1. The second kappa shape index (κ2) is 9.12. The number of carbonyl (C=O) groups excluding carboxylic acids is 2. The standard InChI is InChI=1S/C21H26FN3O4/c1-3-29-20(26)19-10-14-9-15(8-7-13(14)12-25(19)21(27)28-2)24-18-6-4-5-17(22)16(18)11-23/h4-6,13-15,19,24H,3,7-10,12H2,1-2H3/t13-,14+,15-,19-/m0/s1. The minimum atomic E-state index is -0.661. The van der Waals surface area contributed by atoms with Crippen LogP contribution < -0.4 is 5.32 Å². The van der Waals surface area contributed by atoms with Gasteiger partial charge in [-0.05, 0) is 56.6 Å². The molecule has 1 aromatic carbocycles. The van der Waals surface area contributed by atoms with Gasteiger partial charge in [-0.1, -0.05) is 6.07 Å². The van der Waals surface area contributed by atoms with E-state index < -0.39 is 23.9 Å². The van der Waals surface area contributed by atoms with Crippen molar-refractivity contribution in [3.63, 3.8) is 0 Å². The Kier molecular flexibility index (Phi) is 6.57. The van der Waals surface area contributed by atoms with E-state index >= 15 is 0 Å². The second-order valence-electron chi connectivity index (χ2n) is 7.57. The van der Waals surface area contributed by atoms with E-state index in [0.29, 0.717) is 18.7 Å². The Balaban J connectivity index is 1.73. The Hall–Kier alpha value is -2.82. The lowest BCUT2D eigenvalue weighted by Crippen LogP contribution is -2.55. The molecule has 1 aromatic rings. The van der Waals surface area contributed by atoms with Gasteiger partial charge < -0.3 is 14.8 Å². The van der Waals surface area contributed by atoms with Crippen LogP contribution in [0.25, 0.3) is 0 Å².